The number of carboxylic acids is 1. The summed E-state index contributed by atoms with van der Waals surface area (Å²) in [6, 6.07) is 5.42. The summed E-state index contributed by atoms with van der Waals surface area (Å²) in [6.07, 6.45) is -0.546. The summed E-state index contributed by atoms with van der Waals surface area (Å²) in [6.45, 7) is 4.57. The van der Waals surface area contributed by atoms with E-state index in [9.17, 15) is 29.4 Å². The molecule has 31 heavy (non-hydrogen) atoms. The molecule has 0 bridgehead atoms. The molecule has 10 nitrogen and oxygen atoms in total. The zero-order valence-electron chi connectivity index (χ0n) is 18.0. The van der Waals surface area contributed by atoms with Crippen LogP contribution in [-0.2, 0) is 25.6 Å². The van der Waals surface area contributed by atoms with Crippen molar-refractivity contribution in [3.05, 3.63) is 35.9 Å². The average molecular weight is 437 g/mol. The van der Waals surface area contributed by atoms with Crippen molar-refractivity contribution in [2.45, 2.75) is 57.8 Å². The molecule has 1 aromatic rings. The first-order valence-corrected chi connectivity index (χ1v) is 10.1. The van der Waals surface area contributed by atoms with E-state index in [2.05, 4.69) is 16.0 Å². The summed E-state index contributed by atoms with van der Waals surface area (Å²) >= 11 is 0. The molecule has 1 rings (SSSR count). The number of aliphatic hydroxyl groups excluding tert-OH is 1. The van der Waals surface area contributed by atoms with Crippen molar-refractivity contribution in [3.8, 4) is 0 Å². The lowest BCUT2D eigenvalue weighted by atomic mass is 9.99. The van der Waals surface area contributed by atoms with Crippen LogP contribution in [0.1, 0.15) is 32.8 Å². The number of nitrogens with two attached hydrogens (primary N) is 1. The van der Waals surface area contributed by atoms with Crippen molar-refractivity contribution in [2.75, 3.05) is 6.54 Å². The molecule has 0 aliphatic carbocycles. The van der Waals surface area contributed by atoms with Crippen LogP contribution in [0.5, 0.6) is 0 Å². The van der Waals surface area contributed by atoms with Crippen LogP contribution < -0.4 is 21.7 Å². The highest BCUT2D eigenvalue weighted by atomic mass is 16.4. The number of carbonyl (C=O) groups excluding carboxylic acids is 3. The van der Waals surface area contributed by atoms with Gasteiger partial charge in [-0.25, -0.2) is 4.79 Å². The predicted molar refractivity (Wildman–Crippen MR) is 114 cm³/mol. The molecule has 0 spiro atoms. The smallest absolute Gasteiger partial charge is 0.328 e. The third-order valence-electron chi connectivity index (χ3n) is 4.96. The van der Waals surface area contributed by atoms with Crippen molar-refractivity contribution in [1.82, 2.24) is 16.0 Å². The Bertz CT molecular complexity index is 755. The highest BCUT2D eigenvalue weighted by Gasteiger charge is 2.30. The first-order valence-electron chi connectivity index (χ1n) is 10.1. The summed E-state index contributed by atoms with van der Waals surface area (Å²) in [7, 11) is 0. The third kappa shape index (κ3) is 8.73. The Morgan fingerprint density at radius 3 is 2.16 bits per heavy atom. The molecule has 0 saturated heterocycles. The average Bonchev–Trinajstić information content (AvgIpc) is 2.74. The lowest BCUT2D eigenvalue weighted by molar-refractivity contribution is -0.145. The molecule has 10 heteroatoms. The SMILES string of the molecule is CCC(C)C(N)C(=O)NCC(=O)NC(Cc1ccccc1)C(=O)NC(C(=O)O)C(C)O. The molecule has 1 aromatic carbocycles. The Morgan fingerprint density at radius 2 is 1.65 bits per heavy atom. The number of benzene rings is 1. The lowest BCUT2D eigenvalue weighted by Crippen LogP contribution is -2.56. The maximum Gasteiger partial charge on any atom is 0.328 e. The molecule has 0 saturated carbocycles. The summed E-state index contributed by atoms with van der Waals surface area (Å²) in [5, 5.41) is 26.0. The van der Waals surface area contributed by atoms with Crippen LogP contribution in [0.2, 0.25) is 0 Å². The number of hydrogen-bond donors (Lipinski definition) is 6. The molecule has 0 aliphatic heterocycles. The highest BCUT2D eigenvalue weighted by molar-refractivity contribution is 5.92. The van der Waals surface area contributed by atoms with E-state index >= 15 is 0 Å². The van der Waals surface area contributed by atoms with Gasteiger partial charge in [0.05, 0.1) is 18.7 Å². The Kier molecular flexibility index (Phi) is 10.6. The van der Waals surface area contributed by atoms with Gasteiger partial charge in [0.2, 0.25) is 17.7 Å². The first-order chi connectivity index (χ1) is 14.6. The van der Waals surface area contributed by atoms with Gasteiger partial charge >= 0.3 is 5.97 Å². The van der Waals surface area contributed by atoms with E-state index in [-0.39, 0.29) is 18.9 Å². The summed E-state index contributed by atoms with van der Waals surface area (Å²) < 4.78 is 0. The van der Waals surface area contributed by atoms with Gasteiger partial charge < -0.3 is 31.9 Å². The Labute approximate surface area is 181 Å². The van der Waals surface area contributed by atoms with E-state index in [1.807, 2.05) is 13.8 Å². The van der Waals surface area contributed by atoms with Crippen LogP contribution in [0.15, 0.2) is 30.3 Å². The zero-order chi connectivity index (χ0) is 23.6. The minimum absolute atomic E-state index is 0.0620. The van der Waals surface area contributed by atoms with Crippen molar-refractivity contribution in [1.29, 1.82) is 0 Å². The summed E-state index contributed by atoms with van der Waals surface area (Å²) in [5.74, 6) is -3.35. The number of aliphatic hydroxyl groups is 1. The minimum Gasteiger partial charge on any atom is -0.480 e. The highest BCUT2D eigenvalue weighted by Crippen LogP contribution is 2.06. The normalized spacial score (nSPS) is 15.6. The Morgan fingerprint density at radius 1 is 1.03 bits per heavy atom. The fourth-order valence-corrected chi connectivity index (χ4v) is 2.74. The maximum atomic E-state index is 12.7. The second-order valence-corrected chi connectivity index (χ2v) is 7.50. The van der Waals surface area contributed by atoms with Crippen molar-refractivity contribution < 1.29 is 29.4 Å². The molecule has 7 N–H and O–H groups in total. The van der Waals surface area contributed by atoms with E-state index < -0.39 is 47.9 Å². The Balaban J connectivity index is 2.84. The van der Waals surface area contributed by atoms with Gasteiger partial charge in [-0.3, -0.25) is 14.4 Å². The lowest BCUT2D eigenvalue weighted by Gasteiger charge is -2.23. The molecule has 172 valence electrons. The maximum absolute atomic E-state index is 12.7. The van der Waals surface area contributed by atoms with Crippen LogP contribution in [0.25, 0.3) is 0 Å². The number of carbonyl (C=O) groups is 4. The van der Waals surface area contributed by atoms with Crippen LogP contribution in [0, 0.1) is 5.92 Å². The molecular weight excluding hydrogens is 404 g/mol. The number of aliphatic carboxylic acids is 1. The second-order valence-electron chi connectivity index (χ2n) is 7.50. The van der Waals surface area contributed by atoms with E-state index in [1.54, 1.807) is 30.3 Å². The number of hydrogen-bond acceptors (Lipinski definition) is 6. The monoisotopic (exact) mass is 436 g/mol. The third-order valence-corrected chi connectivity index (χ3v) is 4.96. The number of nitrogens with one attached hydrogen (secondary N) is 3. The van der Waals surface area contributed by atoms with Crippen molar-refractivity contribution >= 4 is 23.7 Å². The van der Waals surface area contributed by atoms with Crippen LogP contribution >= 0.6 is 0 Å². The van der Waals surface area contributed by atoms with Crippen molar-refractivity contribution in [2.24, 2.45) is 11.7 Å². The quantitative estimate of drug-likeness (QED) is 0.248. The van der Waals surface area contributed by atoms with E-state index in [1.165, 1.54) is 6.92 Å². The summed E-state index contributed by atoms with van der Waals surface area (Å²) in [5.41, 5.74) is 6.56. The van der Waals surface area contributed by atoms with Gasteiger partial charge in [0.25, 0.3) is 0 Å². The van der Waals surface area contributed by atoms with Crippen molar-refractivity contribution in [3.63, 3.8) is 0 Å². The molecule has 0 radical (unpaired) electrons. The van der Waals surface area contributed by atoms with Gasteiger partial charge in [-0.05, 0) is 18.4 Å². The van der Waals surface area contributed by atoms with Gasteiger partial charge in [-0.1, -0.05) is 50.6 Å². The first kappa shape index (κ1) is 26.1. The van der Waals surface area contributed by atoms with Gasteiger partial charge in [0.1, 0.15) is 6.04 Å². The van der Waals surface area contributed by atoms with Crippen LogP contribution in [0.4, 0.5) is 0 Å². The van der Waals surface area contributed by atoms with Gasteiger partial charge in [-0.15, -0.1) is 0 Å². The molecule has 0 fully saturated rings. The van der Waals surface area contributed by atoms with E-state index in [0.29, 0.717) is 6.42 Å². The minimum atomic E-state index is -1.53. The topological polar surface area (TPSA) is 171 Å². The largest absolute Gasteiger partial charge is 0.480 e. The molecule has 0 aliphatic rings. The van der Waals surface area contributed by atoms with Crippen LogP contribution in [-0.4, -0.2) is 64.7 Å². The molecule has 3 amide bonds. The molecule has 5 atom stereocenters. The fraction of sp³-hybridized carbons (Fsp3) is 0.524. The van der Waals surface area contributed by atoms with Gasteiger partial charge in [0.15, 0.2) is 6.04 Å². The van der Waals surface area contributed by atoms with Gasteiger partial charge in [-0.2, -0.15) is 0 Å². The summed E-state index contributed by atoms with van der Waals surface area (Å²) in [4.78, 5) is 48.4. The van der Waals surface area contributed by atoms with E-state index in [0.717, 1.165) is 5.56 Å². The fourth-order valence-electron chi connectivity index (χ4n) is 2.74. The number of rotatable bonds is 12. The standard InChI is InChI=1S/C21H32N4O6/c1-4-12(2)17(22)20(29)23-11-16(27)24-15(10-14-8-6-5-7-9-14)19(28)25-18(13(3)26)21(30)31/h5-9,12-13,15,17-18,26H,4,10-11,22H2,1-3H3,(H,23,29)(H,24,27)(H,25,28)(H,30,31). The van der Waals surface area contributed by atoms with Gasteiger partial charge in [0, 0.05) is 6.42 Å². The molecular formula is C21H32N4O6. The molecule has 5 unspecified atom stereocenters. The van der Waals surface area contributed by atoms with Crippen LogP contribution in [0.3, 0.4) is 0 Å². The Hall–Kier alpha value is -2.98. The number of amides is 3. The second kappa shape index (κ2) is 12.7. The van der Waals surface area contributed by atoms with E-state index in [4.69, 9.17) is 5.73 Å². The zero-order valence-corrected chi connectivity index (χ0v) is 18.0. The predicted octanol–water partition coefficient (Wildman–Crippen LogP) is -0.846. The number of carboxylic acid groups (broad SMARTS) is 1. The molecule has 0 heterocycles. The molecule has 0 aromatic heterocycles.